The molecule has 2 unspecified atom stereocenters. The molecular formula is C10H20N2O3. The molecule has 1 fully saturated rings. The third-order valence-electron chi connectivity index (χ3n) is 2.99. The minimum absolute atomic E-state index is 0.0354. The van der Waals surface area contributed by atoms with E-state index in [4.69, 9.17) is 15.3 Å². The largest absolute Gasteiger partial charge is 0.378 e. The molecule has 5 heteroatoms. The van der Waals surface area contributed by atoms with Crippen LogP contribution in [0, 0.1) is 5.41 Å². The highest BCUT2D eigenvalue weighted by molar-refractivity contribution is 5.74. The topological polar surface area (TPSA) is 73.6 Å². The predicted octanol–water partition coefficient (Wildman–Crippen LogP) is 0.197. The maximum Gasteiger partial charge on any atom is 0.245 e. The lowest BCUT2D eigenvalue weighted by Crippen LogP contribution is -2.61. The number of nitrogens with two attached hydrogens (primary N) is 1. The zero-order chi connectivity index (χ0) is 11.5. The van der Waals surface area contributed by atoms with Crippen LogP contribution in [0.25, 0.3) is 0 Å². The molecule has 0 spiro atoms. The number of rotatable bonds is 6. The Kier molecular flexibility index (Phi) is 4.07. The van der Waals surface area contributed by atoms with E-state index < -0.39 is 5.91 Å². The summed E-state index contributed by atoms with van der Waals surface area (Å²) in [7, 11) is 0. The average molecular weight is 216 g/mol. The maximum absolute atomic E-state index is 10.4. The van der Waals surface area contributed by atoms with E-state index in [-0.39, 0.29) is 24.2 Å². The molecule has 15 heavy (non-hydrogen) atoms. The minimum Gasteiger partial charge on any atom is -0.378 e. The Bertz CT molecular complexity index is 231. The van der Waals surface area contributed by atoms with Crippen molar-refractivity contribution in [3.05, 3.63) is 0 Å². The Labute approximate surface area is 90.3 Å². The Hall–Kier alpha value is -0.650. The van der Waals surface area contributed by atoms with Gasteiger partial charge >= 0.3 is 0 Å². The van der Waals surface area contributed by atoms with Crippen molar-refractivity contribution < 1.29 is 14.4 Å². The van der Waals surface area contributed by atoms with Crippen molar-refractivity contribution in [2.24, 2.45) is 11.1 Å². The van der Waals surface area contributed by atoms with E-state index in [9.17, 15) is 4.79 Å². The molecule has 0 bridgehead atoms. The fourth-order valence-electron chi connectivity index (χ4n) is 1.78. The molecule has 1 aliphatic rings. The third-order valence-corrected chi connectivity index (χ3v) is 2.99. The van der Waals surface area contributed by atoms with Crippen molar-refractivity contribution in [2.45, 2.75) is 39.3 Å². The zero-order valence-electron chi connectivity index (χ0n) is 9.58. The summed E-state index contributed by atoms with van der Waals surface area (Å²) in [4.78, 5) is 15.4. The van der Waals surface area contributed by atoms with Crippen molar-refractivity contribution in [1.29, 1.82) is 0 Å². The second-order valence-electron chi connectivity index (χ2n) is 4.43. The quantitative estimate of drug-likeness (QED) is 0.622. The van der Waals surface area contributed by atoms with Gasteiger partial charge in [0.15, 0.2) is 0 Å². The van der Waals surface area contributed by atoms with Crippen LogP contribution in [0.5, 0.6) is 0 Å². The Balaban J connectivity index is 2.26. The molecule has 5 nitrogen and oxygen atoms in total. The van der Waals surface area contributed by atoms with Crippen LogP contribution in [-0.2, 0) is 14.4 Å². The summed E-state index contributed by atoms with van der Waals surface area (Å²) in [6.45, 7) is 6.85. The molecule has 0 radical (unpaired) electrons. The lowest BCUT2D eigenvalue weighted by molar-refractivity contribution is -0.158. The van der Waals surface area contributed by atoms with E-state index in [2.05, 4.69) is 19.3 Å². The molecular weight excluding hydrogens is 196 g/mol. The second-order valence-corrected chi connectivity index (χ2v) is 4.43. The first-order valence-electron chi connectivity index (χ1n) is 5.25. The summed E-state index contributed by atoms with van der Waals surface area (Å²) in [6.07, 6.45) is 1.16. The van der Waals surface area contributed by atoms with Gasteiger partial charge in [-0.1, -0.05) is 13.8 Å². The number of hydroxylamine groups is 1. The summed E-state index contributed by atoms with van der Waals surface area (Å²) < 4.78 is 5.56. The van der Waals surface area contributed by atoms with E-state index in [1.807, 2.05) is 6.92 Å². The van der Waals surface area contributed by atoms with Crippen molar-refractivity contribution >= 4 is 5.91 Å². The molecule has 1 saturated carbocycles. The highest BCUT2D eigenvalue weighted by atomic mass is 16.6. The normalized spacial score (nSPS) is 28.5. The standard InChI is InChI=1S/C10H20N2O3/c1-4-14-8-5-7(10(8,2)3)12-15-6-9(11)13/h7-8,12H,4-6H2,1-3H3,(H2,11,13). The van der Waals surface area contributed by atoms with Crippen molar-refractivity contribution in [3.8, 4) is 0 Å². The molecule has 1 aliphatic carbocycles. The smallest absolute Gasteiger partial charge is 0.245 e. The van der Waals surface area contributed by atoms with Gasteiger partial charge in [0.25, 0.3) is 0 Å². The van der Waals surface area contributed by atoms with Crippen molar-refractivity contribution in [2.75, 3.05) is 13.2 Å². The van der Waals surface area contributed by atoms with Crippen LogP contribution in [0.3, 0.4) is 0 Å². The number of amides is 1. The SMILES string of the molecule is CCOC1CC(NOCC(N)=O)C1(C)C. The number of hydrogen-bond donors (Lipinski definition) is 2. The van der Waals surface area contributed by atoms with Gasteiger partial charge in [-0.05, 0) is 13.3 Å². The van der Waals surface area contributed by atoms with Gasteiger partial charge in [-0.3, -0.25) is 9.63 Å². The average Bonchev–Trinajstić information content (AvgIpc) is 2.15. The number of ether oxygens (including phenoxy) is 1. The highest BCUT2D eigenvalue weighted by Gasteiger charge is 2.49. The van der Waals surface area contributed by atoms with Crippen LogP contribution < -0.4 is 11.2 Å². The summed E-state index contributed by atoms with van der Waals surface area (Å²) in [5, 5.41) is 0. The second kappa shape index (κ2) is 4.92. The number of carbonyl (C=O) groups excluding carboxylic acids is 1. The van der Waals surface area contributed by atoms with Gasteiger partial charge in [-0.2, -0.15) is 5.48 Å². The maximum atomic E-state index is 10.4. The number of nitrogens with one attached hydrogen (secondary N) is 1. The Morgan fingerprint density at radius 1 is 1.60 bits per heavy atom. The van der Waals surface area contributed by atoms with Crippen LogP contribution in [0.1, 0.15) is 27.2 Å². The molecule has 1 amide bonds. The fourth-order valence-corrected chi connectivity index (χ4v) is 1.78. The van der Waals surface area contributed by atoms with Gasteiger partial charge in [0.05, 0.1) is 6.10 Å². The van der Waals surface area contributed by atoms with E-state index >= 15 is 0 Å². The molecule has 0 aliphatic heterocycles. The molecule has 0 saturated heterocycles. The fraction of sp³-hybridized carbons (Fsp3) is 0.900. The van der Waals surface area contributed by atoms with Crippen LogP contribution in [0.4, 0.5) is 0 Å². The van der Waals surface area contributed by atoms with Crippen LogP contribution in [0.2, 0.25) is 0 Å². The van der Waals surface area contributed by atoms with Crippen LogP contribution in [-0.4, -0.2) is 31.3 Å². The summed E-state index contributed by atoms with van der Waals surface area (Å²) in [5.74, 6) is -0.471. The third kappa shape index (κ3) is 2.90. The number of hydrogen-bond acceptors (Lipinski definition) is 4. The molecule has 3 N–H and O–H groups in total. The monoisotopic (exact) mass is 216 g/mol. The lowest BCUT2D eigenvalue weighted by atomic mass is 9.65. The van der Waals surface area contributed by atoms with E-state index in [1.165, 1.54) is 0 Å². The lowest BCUT2D eigenvalue weighted by Gasteiger charge is -2.51. The van der Waals surface area contributed by atoms with Crippen molar-refractivity contribution in [3.63, 3.8) is 0 Å². The van der Waals surface area contributed by atoms with Gasteiger partial charge in [0.2, 0.25) is 5.91 Å². The minimum atomic E-state index is -0.471. The van der Waals surface area contributed by atoms with E-state index in [1.54, 1.807) is 0 Å². The summed E-state index contributed by atoms with van der Waals surface area (Å²) >= 11 is 0. The Morgan fingerprint density at radius 3 is 2.73 bits per heavy atom. The first-order chi connectivity index (χ1) is 6.98. The molecule has 0 aromatic carbocycles. The first kappa shape index (κ1) is 12.4. The van der Waals surface area contributed by atoms with Gasteiger partial charge in [-0.25, -0.2) is 0 Å². The van der Waals surface area contributed by atoms with Gasteiger partial charge in [0, 0.05) is 18.1 Å². The van der Waals surface area contributed by atoms with E-state index in [0.717, 1.165) is 13.0 Å². The van der Waals surface area contributed by atoms with Crippen LogP contribution >= 0.6 is 0 Å². The predicted molar refractivity (Wildman–Crippen MR) is 55.9 cm³/mol. The van der Waals surface area contributed by atoms with Gasteiger partial charge < -0.3 is 10.5 Å². The van der Waals surface area contributed by atoms with Crippen molar-refractivity contribution in [1.82, 2.24) is 5.48 Å². The molecule has 0 heterocycles. The van der Waals surface area contributed by atoms with Gasteiger partial charge in [-0.15, -0.1) is 0 Å². The number of primary amides is 1. The Morgan fingerprint density at radius 2 is 2.27 bits per heavy atom. The molecule has 88 valence electrons. The number of carbonyl (C=O) groups is 1. The zero-order valence-corrected chi connectivity index (χ0v) is 9.58. The molecule has 0 aromatic rings. The first-order valence-corrected chi connectivity index (χ1v) is 5.25. The van der Waals surface area contributed by atoms with E-state index in [0.29, 0.717) is 0 Å². The molecule has 1 rings (SSSR count). The summed E-state index contributed by atoms with van der Waals surface area (Å²) in [6, 6.07) is 0.216. The van der Waals surface area contributed by atoms with Gasteiger partial charge in [0.1, 0.15) is 6.61 Å². The van der Waals surface area contributed by atoms with Crippen LogP contribution in [0.15, 0.2) is 0 Å². The summed E-state index contributed by atoms with van der Waals surface area (Å²) in [5.41, 5.74) is 7.84. The molecule has 2 atom stereocenters. The highest BCUT2D eigenvalue weighted by Crippen LogP contribution is 2.42. The molecule has 0 aromatic heterocycles.